The summed E-state index contributed by atoms with van der Waals surface area (Å²) in [7, 11) is 0. The number of rotatable bonds is 1. The SMILES string of the molecule is CC(C)(C)OC(=O)N1C2CCC1CN(c1ccc3c(c1)C[C@@H](N)C3)C2.S. The number of piperazine rings is 1. The molecule has 2 bridgehead atoms. The smallest absolute Gasteiger partial charge is 0.410 e. The summed E-state index contributed by atoms with van der Waals surface area (Å²) in [5.74, 6) is 0. The fraction of sp³-hybridized carbons (Fsp3) is 0.650. The lowest BCUT2D eigenvalue weighted by Crippen LogP contribution is -2.56. The fourth-order valence-corrected chi connectivity index (χ4v) is 4.56. The quantitative estimate of drug-likeness (QED) is 0.818. The lowest BCUT2D eigenvalue weighted by Gasteiger charge is -2.42. The van der Waals surface area contributed by atoms with Gasteiger partial charge >= 0.3 is 6.09 Å². The number of carbonyl (C=O) groups excluding carboxylic acids is 1. The molecule has 5 nitrogen and oxygen atoms in total. The highest BCUT2D eigenvalue weighted by Gasteiger charge is 2.44. The fourth-order valence-electron chi connectivity index (χ4n) is 4.56. The Labute approximate surface area is 163 Å². The standard InChI is InChI=1S/C20H29N3O2.H2S/c1-20(2,3)25-19(24)23-17-6-7-18(23)12-22(11-17)16-5-4-13-8-15(21)9-14(13)10-16;/h4-5,10,15,17-18H,6-9,11-12,21H2,1-3H3;1H2/t15-,17?,18?;/m0./s1. The van der Waals surface area contributed by atoms with Gasteiger partial charge in [0.25, 0.3) is 0 Å². The van der Waals surface area contributed by atoms with Gasteiger partial charge in [0.1, 0.15) is 5.60 Å². The maximum absolute atomic E-state index is 12.6. The summed E-state index contributed by atoms with van der Waals surface area (Å²) in [6.45, 7) is 7.57. The number of ether oxygens (including phenoxy) is 1. The molecule has 2 heterocycles. The second-order valence-electron chi connectivity index (χ2n) is 8.80. The van der Waals surface area contributed by atoms with Crippen molar-refractivity contribution in [2.75, 3.05) is 18.0 Å². The van der Waals surface area contributed by atoms with Gasteiger partial charge in [0.2, 0.25) is 0 Å². The summed E-state index contributed by atoms with van der Waals surface area (Å²) in [4.78, 5) is 17.0. The number of nitrogens with zero attached hydrogens (tertiary/aromatic N) is 2. The number of carbonyl (C=O) groups is 1. The third-order valence-corrected chi connectivity index (χ3v) is 5.61. The maximum atomic E-state index is 12.6. The molecule has 0 aromatic heterocycles. The van der Waals surface area contributed by atoms with Gasteiger partial charge in [-0.2, -0.15) is 13.5 Å². The molecule has 2 aliphatic heterocycles. The van der Waals surface area contributed by atoms with Crippen LogP contribution in [0, 0.1) is 0 Å². The van der Waals surface area contributed by atoms with E-state index in [1.165, 1.54) is 16.8 Å². The first-order valence-corrected chi connectivity index (χ1v) is 9.44. The van der Waals surface area contributed by atoms with E-state index in [0.717, 1.165) is 38.8 Å². The Balaban J connectivity index is 0.00000196. The van der Waals surface area contributed by atoms with E-state index in [4.69, 9.17) is 10.5 Å². The number of amides is 1. The van der Waals surface area contributed by atoms with Gasteiger partial charge in [0, 0.05) is 24.8 Å². The van der Waals surface area contributed by atoms with E-state index < -0.39 is 5.60 Å². The molecule has 1 amide bonds. The minimum absolute atomic E-state index is 0. The molecule has 2 unspecified atom stereocenters. The zero-order valence-electron chi connectivity index (χ0n) is 16.0. The van der Waals surface area contributed by atoms with Crippen LogP contribution in [0.3, 0.4) is 0 Å². The Hall–Kier alpha value is -1.40. The highest BCUT2D eigenvalue weighted by molar-refractivity contribution is 7.59. The van der Waals surface area contributed by atoms with Crippen molar-refractivity contribution >= 4 is 25.3 Å². The van der Waals surface area contributed by atoms with E-state index >= 15 is 0 Å². The predicted octanol–water partition coefficient (Wildman–Crippen LogP) is 2.81. The van der Waals surface area contributed by atoms with Gasteiger partial charge in [0.15, 0.2) is 0 Å². The van der Waals surface area contributed by atoms with Crippen molar-refractivity contribution in [3.63, 3.8) is 0 Å². The van der Waals surface area contributed by atoms with Crippen LogP contribution in [0.1, 0.15) is 44.7 Å². The van der Waals surface area contributed by atoms with Gasteiger partial charge in [-0.25, -0.2) is 4.79 Å². The first-order valence-electron chi connectivity index (χ1n) is 9.44. The van der Waals surface area contributed by atoms with E-state index in [9.17, 15) is 4.79 Å². The summed E-state index contributed by atoms with van der Waals surface area (Å²) in [6, 6.07) is 7.54. The largest absolute Gasteiger partial charge is 0.444 e. The second kappa shape index (κ2) is 6.97. The first kappa shape index (κ1) is 19.4. The number of hydrogen-bond acceptors (Lipinski definition) is 4. The number of nitrogens with two attached hydrogens (primary N) is 1. The molecule has 0 spiro atoms. The Kier molecular flexibility index (Phi) is 5.19. The van der Waals surface area contributed by atoms with Crippen molar-refractivity contribution in [1.29, 1.82) is 0 Å². The molecular weight excluding hydrogens is 346 g/mol. The Bertz CT molecular complexity index is 674. The molecule has 6 heteroatoms. The van der Waals surface area contributed by atoms with Crippen molar-refractivity contribution in [2.24, 2.45) is 5.73 Å². The number of fused-ring (bicyclic) bond motifs is 3. The van der Waals surface area contributed by atoms with E-state index in [1.54, 1.807) is 0 Å². The van der Waals surface area contributed by atoms with E-state index in [-0.39, 0.29) is 37.7 Å². The predicted molar refractivity (Wildman–Crippen MR) is 109 cm³/mol. The molecule has 4 rings (SSSR count). The topological polar surface area (TPSA) is 58.8 Å². The minimum Gasteiger partial charge on any atom is -0.444 e. The Morgan fingerprint density at radius 2 is 1.73 bits per heavy atom. The van der Waals surface area contributed by atoms with Crippen LogP contribution in [0.15, 0.2) is 18.2 Å². The number of benzene rings is 1. The maximum Gasteiger partial charge on any atom is 0.410 e. The van der Waals surface area contributed by atoms with Gasteiger partial charge in [-0.15, -0.1) is 0 Å². The van der Waals surface area contributed by atoms with Crippen LogP contribution in [-0.4, -0.2) is 47.8 Å². The van der Waals surface area contributed by atoms with Gasteiger partial charge in [-0.05, 0) is 69.7 Å². The van der Waals surface area contributed by atoms with Crippen LogP contribution in [0.2, 0.25) is 0 Å². The molecule has 1 aliphatic carbocycles. The number of anilines is 1. The summed E-state index contributed by atoms with van der Waals surface area (Å²) in [5.41, 5.74) is 9.72. The third-order valence-electron chi connectivity index (χ3n) is 5.61. The van der Waals surface area contributed by atoms with Gasteiger partial charge in [-0.3, -0.25) is 4.90 Å². The van der Waals surface area contributed by atoms with Gasteiger partial charge in [-0.1, -0.05) is 6.07 Å². The molecule has 3 aliphatic rings. The van der Waals surface area contributed by atoms with Crippen molar-refractivity contribution in [3.8, 4) is 0 Å². The lowest BCUT2D eigenvalue weighted by molar-refractivity contribution is 0.0123. The van der Waals surface area contributed by atoms with Crippen LogP contribution in [0.5, 0.6) is 0 Å². The van der Waals surface area contributed by atoms with Crippen molar-refractivity contribution in [2.45, 2.75) is 70.2 Å². The molecule has 2 fully saturated rings. The van der Waals surface area contributed by atoms with Gasteiger partial charge in [0.05, 0.1) is 12.1 Å². The molecule has 1 aromatic rings. The number of hydrogen-bond donors (Lipinski definition) is 1. The summed E-state index contributed by atoms with van der Waals surface area (Å²) in [5, 5.41) is 0. The molecule has 2 N–H and O–H groups in total. The van der Waals surface area contributed by atoms with E-state index in [0.29, 0.717) is 0 Å². The zero-order valence-corrected chi connectivity index (χ0v) is 17.0. The third kappa shape index (κ3) is 3.67. The molecule has 2 saturated heterocycles. The summed E-state index contributed by atoms with van der Waals surface area (Å²) >= 11 is 0. The lowest BCUT2D eigenvalue weighted by atomic mass is 10.1. The van der Waals surface area contributed by atoms with Crippen LogP contribution < -0.4 is 10.6 Å². The Morgan fingerprint density at radius 1 is 1.12 bits per heavy atom. The normalized spacial score (nSPS) is 27.2. The van der Waals surface area contributed by atoms with Crippen LogP contribution >= 0.6 is 13.5 Å². The molecule has 1 aromatic carbocycles. The summed E-state index contributed by atoms with van der Waals surface area (Å²) < 4.78 is 5.63. The minimum atomic E-state index is -0.438. The molecule has 144 valence electrons. The monoisotopic (exact) mass is 377 g/mol. The van der Waals surface area contributed by atoms with Gasteiger partial charge < -0.3 is 15.4 Å². The second-order valence-corrected chi connectivity index (χ2v) is 8.80. The molecule has 0 saturated carbocycles. The highest BCUT2D eigenvalue weighted by atomic mass is 32.1. The highest BCUT2D eigenvalue weighted by Crippen LogP contribution is 2.35. The van der Waals surface area contributed by atoms with Crippen LogP contribution in [0.4, 0.5) is 10.5 Å². The average molecular weight is 378 g/mol. The van der Waals surface area contributed by atoms with Crippen molar-refractivity contribution in [3.05, 3.63) is 29.3 Å². The summed E-state index contributed by atoms with van der Waals surface area (Å²) in [6.07, 6.45) is 3.95. The first-order chi connectivity index (χ1) is 11.8. The molecule has 3 atom stereocenters. The van der Waals surface area contributed by atoms with E-state index in [1.807, 2.05) is 25.7 Å². The van der Waals surface area contributed by atoms with Crippen molar-refractivity contribution in [1.82, 2.24) is 4.90 Å². The Morgan fingerprint density at radius 3 is 2.35 bits per heavy atom. The van der Waals surface area contributed by atoms with Crippen molar-refractivity contribution < 1.29 is 9.53 Å². The van der Waals surface area contributed by atoms with E-state index in [2.05, 4.69) is 23.1 Å². The van der Waals surface area contributed by atoms with Crippen LogP contribution in [-0.2, 0) is 17.6 Å². The van der Waals surface area contributed by atoms with Crippen LogP contribution in [0.25, 0.3) is 0 Å². The molecule has 0 radical (unpaired) electrons. The average Bonchev–Trinajstić information content (AvgIpc) is 3.01. The zero-order chi connectivity index (χ0) is 17.8. The molecule has 26 heavy (non-hydrogen) atoms. The molecular formula is C20H31N3O2S.